The van der Waals surface area contributed by atoms with Gasteiger partial charge < -0.3 is 5.32 Å². The topological polar surface area (TPSA) is 53.6 Å². The molecule has 1 aromatic heterocycles. The van der Waals surface area contributed by atoms with E-state index < -0.39 is 0 Å². The Morgan fingerprint density at radius 3 is 3.00 bits per heavy atom. The fourth-order valence-electron chi connectivity index (χ4n) is 2.50. The van der Waals surface area contributed by atoms with E-state index >= 15 is 0 Å². The Bertz CT molecular complexity index is 390. The lowest BCUT2D eigenvalue weighted by Crippen LogP contribution is -2.34. The van der Waals surface area contributed by atoms with Crippen molar-refractivity contribution in [1.29, 1.82) is 5.26 Å². The van der Waals surface area contributed by atoms with Gasteiger partial charge in [-0.2, -0.15) is 10.4 Å². The Kier molecular flexibility index (Phi) is 4.16. The molecule has 92 valence electrons. The zero-order valence-electron chi connectivity index (χ0n) is 10.4. The first kappa shape index (κ1) is 12.1. The van der Waals surface area contributed by atoms with Gasteiger partial charge in [0.1, 0.15) is 0 Å². The highest BCUT2D eigenvalue weighted by molar-refractivity contribution is 5.00. The molecule has 0 saturated heterocycles. The summed E-state index contributed by atoms with van der Waals surface area (Å²) in [7, 11) is 1.92. The van der Waals surface area contributed by atoms with Crippen LogP contribution in [0.25, 0.3) is 0 Å². The van der Waals surface area contributed by atoms with Crippen molar-refractivity contribution < 1.29 is 0 Å². The number of aryl methyl sites for hydroxylation is 1. The number of nitriles is 1. The number of rotatable bonds is 3. The minimum absolute atomic E-state index is 0.168. The van der Waals surface area contributed by atoms with Crippen LogP contribution >= 0.6 is 0 Å². The van der Waals surface area contributed by atoms with Crippen molar-refractivity contribution in [3.63, 3.8) is 0 Å². The molecule has 0 aromatic carbocycles. The van der Waals surface area contributed by atoms with Gasteiger partial charge in [0.25, 0.3) is 0 Å². The standard InChI is InChI=1S/C13H20N4/c1-17-8-7-12(16-17)10-15-13-6-4-2-3-5-11(13)9-14/h7-8,11,13,15H,2-6,10H2,1H3. The van der Waals surface area contributed by atoms with Crippen LogP contribution < -0.4 is 5.32 Å². The Morgan fingerprint density at radius 2 is 2.29 bits per heavy atom. The maximum atomic E-state index is 9.18. The van der Waals surface area contributed by atoms with Crippen LogP contribution in [-0.2, 0) is 13.6 Å². The van der Waals surface area contributed by atoms with Crippen LogP contribution in [0.2, 0.25) is 0 Å². The molecule has 0 spiro atoms. The van der Waals surface area contributed by atoms with E-state index in [1.807, 2.05) is 24.0 Å². The van der Waals surface area contributed by atoms with Gasteiger partial charge in [-0.1, -0.05) is 19.3 Å². The third-order valence-corrected chi connectivity index (χ3v) is 3.50. The molecule has 0 amide bonds. The number of hydrogen-bond acceptors (Lipinski definition) is 3. The molecule has 1 heterocycles. The van der Waals surface area contributed by atoms with Crippen LogP contribution in [0.3, 0.4) is 0 Å². The molecule has 0 aliphatic heterocycles. The summed E-state index contributed by atoms with van der Waals surface area (Å²) in [4.78, 5) is 0. The van der Waals surface area contributed by atoms with Gasteiger partial charge in [-0.3, -0.25) is 4.68 Å². The van der Waals surface area contributed by atoms with E-state index in [0.717, 1.165) is 25.1 Å². The molecular formula is C13H20N4. The van der Waals surface area contributed by atoms with Crippen LogP contribution in [0.15, 0.2) is 12.3 Å². The van der Waals surface area contributed by atoms with Crippen molar-refractivity contribution in [2.75, 3.05) is 0 Å². The molecule has 2 atom stereocenters. The van der Waals surface area contributed by atoms with Gasteiger partial charge in [-0.15, -0.1) is 0 Å². The maximum Gasteiger partial charge on any atom is 0.0762 e. The molecule has 1 saturated carbocycles. The molecule has 4 nitrogen and oxygen atoms in total. The summed E-state index contributed by atoms with van der Waals surface area (Å²) in [5.74, 6) is 0.168. The Balaban J connectivity index is 1.90. The second-order valence-electron chi connectivity index (χ2n) is 4.84. The highest BCUT2D eigenvalue weighted by Gasteiger charge is 2.22. The number of nitrogens with one attached hydrogen (secondary N) is 1. The van der Waals surface area contributed by atoms with E-state index in [4.69, 9.17) is 0 Å². The fourth-order valence-corrected chi connectivity index (χ4v) is 2.50. The third kappa shape index (κ3) is 3.31. The molecule has 0 bridgehead atoms. The zero-order valence-corrected chi connectivity index (χ0v) is 10.4. The Hall–Kier alpha value is -1.34. The van der Waals surface area contributed by atoms with E-state index in [2.05, 4.69) is 16.5 Å². The van der Waals surface area contributed by atoms with Crippen LogP contribution in [-0.4, -0.2) is 15.8 Å². The van der Waals surface area contributed by atoms with Crippen molar-refractivity contribution in [2.24, 2.45) is 13.0 Å². The van der Waals surface area contributed by atoms with E-state index in [0.29, 0.717) is 6.04 Å². The highest BCUT2D eigenvalue weighted by Crippen LogP contribution is 2.23. The molecule has 2 unspecified atom stereocenters. The smallest absolute Gasteiger partial charge is 0.0762 e. The van der Waals surface area contributed by atoms with E-state index in [1.54, 1.807) is 0 Å². The quantitative estimate of drug-likeness (QED) is 0.811. The first-order valence-corrected chi connectivity index (χ1v) is 6.41. The highest BCUT2D eigenvalue weighted by atomic mass is 15.3. The molecule has 0 radical (unpaired) electrons. The van der Waals surface area contributed by atoms with Crippen LogP contribution in [0.5, 0.6) is 0 Å². The molecule has 1 aliphatic rings. The predicted octanol–water partition coefficient (Wildman–Crippen LogP) is 1.98. The second-order valence-corrected chi connectivity index (χ2v) is 4.84. The Labute approximate surface area is 103 Å². The minimum Gasteiger partial charge on any atom is -0.307 e. The second kappa shape index (κ2) is 5.83. The molecule has 1 aliphatic carbocycles. The van der Waals surface area contributed by atoms with Crippen molar-refractivity contribution >= 4 is 0 Å². The summed E-state index contributed by atoms with van der Waals surface area (Å²) in [5.41, 5.74) is 1.05. The fraction of sp³-hybridized carbons (Fsp3) is 0.692. The molecule has 1 aromatic rings. The summed E-state index contributed by atoms with van der Waals surface area (Å²) in [6.45, 7) is 0.768. The summed E-state index contributed by atoms with van der Waals surface area (Å²) in [6, 6.07) is 4.80. The Morgan fingerprint density at radius 1 is 1.47 bits per heavy atom. The predicted molar refractivity (Wildman–Crippen MR) is 66.0 cm³/mol. The van der Waals surface area contributed by atoms with Gasteiger partial charge >= 0.3 is 0 Å². The molecule has 1 N–H and O–H groups in total. The van der Waals surface area contributed by atoms with Crippen molar-refractivity contribution in [3.05, 3.63) is 18.0 Å². The van der Waals surface area contributed by atoms with Gasteiger partial charge in [0.2, 0.25) is 0 Å². The minimum atomic E-state index is 0.168. The summed E-state index contributed by atoms with van der Waals surface area (Å²) in [6.07, 6.45) is 7.80. The molecular weight excluding hydrogens is 212 g/mol. The van der Waals surface area contributed by atoms with Gasteiger partial charge in [-0.25, -0.2) is 0 Å². The maximum absolute atomic E-state index is 9.18. The lowest BCUT2D eigenvalue weighted by Gasteiger charge is -2.20. The van der Waals surface area contributed by atoms with Gasteiger partial charge in [-0.05, 0) is 18.9 Å². The van der Waals surface area contributed by atoms with Crippen molar-refractivity contribution in [3.8, 4) is 6.07 Å². The first-order valence-electron chi connectivity index (χ1n) is 6.41. The molecule has 17 heavy (non-hydrogen) atoms. The van der Waals surface area contributed by atoms with Crippen LogP contribution in [0, 0.1) is 17.2 Å². The van der Waals surface area contributed by atoms with Crippen LogP contribution in [0.4, 0.5) is 0 Å². The number of aromatic nitrogens is 2. The summed E-state index contributed by atoms with van der Waals surface area (Å²) >= 11 is 0. The van der Waals surface area contributed by atoms with E-state index in [1.165, 1.54) is 19.3 Å². The first-order chi connectivity index (χ1) is 8.29. The average molecular weight is 232 g/mol. The van der Waals surface area contributed by atoms with Gasteiger partial charge in [0, 0.05) is 25.8 Å². The molecule has 2 rings (SSSR count). The monoisotopic (exact) mass is 232 g/mol. The number of nitrogens with zero attached hydrogens (tertiary/aromatic N) is 3. The molecule has 1 fully saturated rings. The van der Waals surface area contributed by atoms with E-state index in [-0.39, 0.29) is 5.92 Å². The van der Waals surface area contributed by atoms with E-state index in [9.17, 15) is 5.26 Å². The third-order valence-electron chi connectivity index (χ3n) is 3.50. The zero-order chi connectivity index (χ0) is 12.1. The van der Waals surface area contributed by atoms with Crippen molar-refractivity contribution in [2.45, 2.75) is 44.7 Å². The summed E-state index contributed by atoms with van der Waals surface area (Å²) < 4.78 is 1.81. The number of hydrogen-bond donors (Lipinski definition) is 1. The van der Waals surface area contributed by atoms with Gasteiger partial charge in [0.05, 0.1) is 17.7 Å². The SMILES string of the molecule is Cn1ccc(CNC2CCCCCC2C#N)n1. The lowest BCUT2D eigenvalue weighted by molar-refractivity contribution is 0.391. The molecule has 4 heteroatoms. The summed E-state index contributed by atoms with van der Waals surface area (Å²) in [5, 5.41) is 17.0. The average Bonchev–Trinajstić information content (AvgIpc) is 2.63. The lowest BCUT2D eigenvalue weighted by atomic mass is 9.96. The van der Waals surface area contributed by atoms with Gasteiger partial charge in [0.15, 0.2) is 0 Å². The van der Waals surface area contributed by atoms with Crippen LogP contribution in [0.1, 0.15) is 37.8 Å². The van der Waals surface area contributed by atoms with Crippen molar-refractivity contribution in [1.82, 2.24) is 15.1 Å². The largest absolute Gasteiger partial charge is 0.307 e. The normalized spacial score (nSPS) is 25.2.